The largest absolute Gasteiger partial charge is 1.00 e. The Balaban J connectivity index is 0.00000361. The molecule has 0 aliphatic heterocycles. The van der Waals surface area contributed by atoms with Crippen LogP contribution in [0.3, 0.4) is 0 Å². The molecule has 110 valence electrons. The third-order valence-corrected chi connectivity index (χ3v) is 2.48. The molecule has 0 fully saturated rings. The van der Waals surface area contributed by atoms with E-state index in [-0.39, 0.29) is 47.3 Å². The lowest BCUT2D eigenvalue weighted by molar-refractivity contribution is -0.870. The Kier molecular flexibility index (Phi) is 7.59. The number of nitrogens with zero attached hydrogens (tertiary/aromatic N) is 1. The molecule has 0 amide bonds. The monoisotopic (exact) mass is 391 g/mol. The summed E-state index contributed by atoms with van der Waals surface area (Å²) in [6, 6.07) is 4.24. The van der Waals surface area contributed by atoms with Gasteiger partial charge in [0.2, 0.25) is 0 Å². The van der Waals surface area contributed by atoms with E-state index in [4.69, 9.17) is 4.74 Å². The number of halogens is 1. The molecule has 0 heterocycles. The first-order valence-corrected chi connectivity index (χ1v) is 5.89. The summed E-state index contributed by atoms with van der Waals surface area (Å²) in [5.41, 5.74) is 0.777. The van der Waals surface area contributed by atoms with Crippen LogP contribution in [0.4, 0.5) is 0 Å². The van der Waals surface area contributed by atoms with Crippen molar-refractivity contribution in [2.24, 2.45) is 0 Å². The molecule has 6 heteroatoms. The zero-order valence-corrected chi connectivity index (χ0v) is 13.9. The minimum Gasteiger partial charge on any atom is -1.00 e. The molecule has 0 saturated carbocycles. The number of carbonyl (C=O) groups excluding carboxylic acids is 3. The van der Waals surface area contributed by atoms with Crippen molar-refractivity contribution in [3.63, 3.8) is 0 Å². The lowest BCUT2D eigenvalue weighted by Gasteiger charge is -2.23. The number of hydrogen-bond acceptors (Lipinski definition) is 4. The molecule has 0 aromatic heterocycles. The molecule has 0 radical (unpaired) electrons. The second-order valence-corrected chi connectivity index (χ2v) is 5.27. The van der Waals surface area contributed by atoms with Crippen LogP contribution < -0.4 is 24.0 Å². The Bertz CT molecular complexity index is 468. The van der Waals surface area contributed by atoms with Gasteiger partial charge in [0.25, 0.3) is 0 Å². The predicted octanol–water partition coefficient (Wildman–Crippen LogP) is -1.82. The summed E-state index contributed by atoms with van der Waals surface area (Å²) in [5.74, 6) is -0.528. The minimum absolute atomic E-state index is 0. The quantitative estimate of drug-likeness (QED) is 0.248. The van der Waals surface area contributed by atoms with Crippen LogP contribution in [0.2, 0.25) is 0 Å². The molecular formula is C14H18INO4. The fraction of sp³-hybridized carbons (Fsp3) is 0.357. The highest BCUT2D eigenvalue weighted by molar-refractivity contribution is 5.94. The van der Waals surface area contributed by atoms with E-state index in [1.807, 2.05) is 21.1 Å². The molecular weight excluding hydrogens is 373 g/mol. The number of quaternary nitrogens is 1. The Morgan fingerprint density at radius 3 is 2.00 bits per heavy atom. The Morgan fingerprint density at radius 1 is 1.10 bits per heavy atom. The summed E-state index contributed by atoms with van der Waals surface area (Å²) in [4.78, 5) is 33.3. The highest BCUT2D eigenvalue weighted by Gasteiger charge is 2.12. The highest BCUT2D eigenvalue weighted by atomic mass is 127. The van der Waals surface area contributed by atoms with Gasteiger partial charge in [0, 0.05) is 11.1 Å². The number of hydrogen-bond donors (Lipinski definition) is 0. The van der Waals surface area contributed by atoms with Crippen molar-refractivity contribution in [2.75, 3.05) is 34.3 Å². The van der Waals surface area contributed by atoms with Gasteiger partial charge in [0.1, 0.15) is 25.7 Å². The summed E-state index contributed by atoms with van der Waals surface area (Å²) < 4.78 is 5.80. The molecule has 0 bridgehead atoms. The molecule has 0 N–H and O–H groups in total. The average Bonchev–Trinajstić information content (AvgIpc) is 2.36. The molecule has 20 heavy (non-hydrogen) atoms. The topological polar surface area (TPSA) is 60.4 Å². The van der Waals surface area contributed by atoms with Gasteiger partial charge in [-0.15, -0.1) is 0 Å². The van der Waals surface area contributed by atoms with Crippen LogP contribution in [0, 0.1) is 0 Å². The molecule has 1 rings (SSSR count). The second kappa shape index (κ2) is 8.11. The molecule has 0 atom stereocenters. The van der Waals surface area contributed by atoms with Crippen molar-refractivity contribution in [3.8, 4) is 0 Å². The van der Waals surface area contributed by atoms with Crippen molar-refractivity contribution in [2.45, 2.75) is 0 Å². The van der Waals surface area contributed by atoms with E-state index in [1.165, 1.54) is 18.2 Å². The van der Waals surface area contributed by atoms with Gasteiger partial charge in [-0.1, -0.05) is 0 Å². The molecule has 1 aromatic carbocycles. The van der Waals surface area contributed by atoms with E-state index in [0.717, 1.165) is 0 Å². The first-order valence-electron chi connectivity index (χ1n) is 5.89. The molecule has 0 saturated heterocycles. The maximum atomic E-state index is 11.8. The van der Waals surface area contributed by atoms with E-state index in [9.17, 15) is 14.4 Å². The molecule has 0 aliphatic rings. The van der Waals surface area contributed by atoms with Gasteiger partial charge in [0.15, 0.2) is 0 Å². The first-order chi connectivity index (χ1) is 8.85. The third kappa shape index (κ3) is 6.25. The van der Waals surface area contributed by atoms with Crippen LogP contribution in [-0.2, 0) is 4.74 Å². The Labute approximate surface area is 135 Å². The summed E-state index contributed by atoms with van der Waals surface area (Å²) in [6.45, 7) is 0.962. The second-order valence-electron chi connectivity index (χ2n) is 5.27. The van der Waals surface area contributed by atoms with Crippen LogP contribution in [0.25, 0.3) is 0 Å². The van der Waals surface area contributed by atoms with E-state index < -0.39 is 5.97 Å². The Morgan fingerprint density at radius 2 is 1.60 bits per heavy atom. The summed E-state index contributed by atoms with van der Waals surface area (Å²) >= 11 is 0. The van der Waals surface area contributed by atoms with Crippen LogP contribution in [0.15, 0.2) is 18.2 Å². The van der Waals surface area contributed by atoms with Gasteiger partial charge in [-0.3, -0.25) is 9.59 Å². The van der Waals surface area contributed by atoms with Gasteiger partial charge >= 0.3 is 5.97 Å². The van der Waals surface area contributed by atoms with E-state index >= 15 is 0 Å². The molecule has 0 aliphatic carbocycles. The number of likely N-dealkylation sites (N-methyl/N-ethyl adjacent to an activating group) is 1. The van der Waals surface area contributed by atoms with Crippen molar-refractivity contribution >= 4 is 18.5 Å². The number of aldehydes is 2. The predicted molar refractivity (Wildman–Crippen MR) is 70.4 cm³/mol. The zero-order valence-electron chi connectivity index (χ0n) is 11.8. The lowest BCUT2D eigenvalue weighted by Crippen LogP contribution is -3.00. The van der Waals surface area contributed by atoms with Crippen LogP contribution in [0.1, 0.15) is 31.1 Å². The SMILES string of the molecule is C[N+](C)(C)CCOC(=O)c1cc(C=O)cc(C=O)c1.[I-]. The fourth-order valence-corrected chi connectivity index (χ4v) is 1.43. The number of carbonyl (C=O) groups is 3. The molecule has 5 nitrogen and oxygen atoms in total. The van der Waals surface area contributed by atoms with Crippen LogP contribution >= 0.6 is 0 Å². The normalized spacial score (nSPS) is 10.3. The van der Waals surface area contributed by atoms with Crippen molar-refractivity contribution in [1.82, 2.24) is 0 Å². The zero-order chi connectivity index (χ0) is 14.5. The lowest BCUT2D eigenvalue weighted by atomic mass is 10.1. The number of ether oxygens (including phenoxy) is 1. The molecule has 0 unspecified atom stereocenters. The third-order valence-electron chi connectivity index (χ3n) is 2.48. The van der Waals surface area contributed by atoms with Crippen molar-refractivity contribution in [1.29, 1.82) is 0 Å². The highest BCUT2D eigenvalue weighted by Crippen LogP contribution is 2.09. The smallest absolute Gasteiger partial charge is 0.338 e. The first kappa shape index (κ1) is 18.7. The maximum absolute atomic E-state index is 11.8. The van der Waals surface area contributed by atoms with Crippen molar-refractivity contribution in [3.05, 3.63) is 34.9 Å². The van der Waals surface area contributed by atoms with Crippen LogP contribution in [0.5, 0.6) is 0 Å². The maximum Gasteiger partial charge on any atom is 0.338 e. The van der Waals surface area contributed by atoms with Crippen LogP contribution in [-0.4, -0.2) is 57.3 Å². The van der Waals surface area contributed by atoms with Gasteiger partial charge in [-0.25, -0.2) is 4.79 Å². The van der Waals surface area contributed by atoms with E-state index in [1.54, 1.807) is 0 Å². The molecule has 0 spiro atoms. The summed E-state index contributed by atoms with van der Waals surface area (Å²) in [6.07, 6.45) is 1.19. The minimum atomic E-state index is -0.528. The van der Waals surface area contributed by atoms with Crippen molar-refractivity contribution < 1.29 is 47.6 Å². The summed E-state index contributed by atoms with van der Waals surface area (Å²) in [5, 5.41) is 0. The fourth-order valence-electron chi connectivity index (χ4n) is 1.43. The summed E-state index contributed by atoms with van der Waals surface area (Å²) in [7, 11) is 5.97. The standard InChI is InChI=1S/C14H18NO4.HI/c1-15(2,3)4-5-19-14(18)13-7-11(9-16)6-12(8-13)10-17;/h6-10H,4-5H2,1-3H3;1H/q+1;/p-1. The van der Waals surface area contributed by atoms with Gasteiger partial charge in [-0.2, -0.15) is 0 Å². The Hall–Kier alpha value is -1.28. The number of esters is 1. The van der Waals surface area contributed by atoms with E-state index in [2.05, 4.69) is 0 Å². The number of rotatable bonds is 6. The average molecular weight is 391 g/mol. The van der Waals surface area contributed by atoms with Gasteiger partial charge < -0.3 is 33.2 Å². The van der Waals surface area contributed by atoms with E-state index in [0.29, 0.717) is 23.6 Å². The number of benzene rings is 1. The van der Waals surface area contributed by atoms with Gasteiger partial charge in [0.05, 0.1) is 26.7 Å². The molecule has 1 aromatic rings. The van der Waals surface area contributed by atoms with Gasteiger partial charge in [-0.05, 0) is 18.2 Å².